The van der Waals surface area contributed by atoms with Gasteiger partial charge in [-0.25, -0.2) is 0 Å². The van der Waals surface area contributed by atoms with Crippen molar-refractivity contribution in [1.29, 1.82) is 0 Å². The summed E-state index contributed by atoms with van der Waals surface area (Å²) < 4.78 is 26.2. The van der Waals surface area contributed by atoms with Crippen molar-refractivity contribution in [3.05, 3.63) is 0 Å². The summed E-state index contributed by atoms with van der Waals surface area (Å²) in [5.41, 5.74) is -0.0407. The zero-order valence-corrected chi connectivity index (χ0v) is 19.4. The summed E-state index contributed by atoms with van der Waals surface area (Å²) in [7, 11) is -2.68. The van der Waals surface area contributed by atoms with Crippen molar-refractivity contribution in [2.24, 2.45) is 0 Å². The van der Waals surface area contributed by atoms with Crippen LogP contribution in [0.15, 0.2) is 0 Å². The highest BCUT2D eigenvalue weighted by atomic mass is 28.4. The zero-order valence-electron chi connectivity index (χ0n) is 18.4. The Kier molecular flexibility index (Phi) is 10.3. The molecule has 27 heavy (non-hydrogen) atoms. The van der Waals surface area contributed by atoms with Gasteiger partial charge < -0.3 is 18.0 Å². The second-order valence-corrected chi connectivity index (χ2v) is 11.1. The average molecular weight is 401 g/mol. The van der Waals surface area contributed by atoms with Crippen molar-refractivity contribution in [2.75, 3.05) is 13.2 Å². The van der Waals surface area contributed by atoms with Crippen molar-refractivity contribution in [3.8, 4) is 0 Å². The lowest BCUT2D eigenvalue weighted by Crippen LogP contribution is -2.52. The fourth-order valence-corrected chi connectivity index (χ4v) is 7.34. The third-order valence-corrected chi connectivity index (χ3v) is 8.92. The molecule has 3 atom stereocenters. The van der Waals surface area contributed by atoms with Crippen LogP contribution in [-0.2, 0) is 18.0 Å². The molecule has 1 aliphatic heterocycles. The topological polar surface area (TPSA) is 40.2 Å². The van der Waals surface area contributed by atoms with E-state index in [1.54, 1.807) is 0 Å². The first-order chi connectivity index (χ1) is 13.2. The number of hydrogen-bond acceptors (Lipinski definition) is 4. The van der Waals surface area contributed by atoms with E-state index in [9.17, 15) is 0 Å². The second kappa shape index (κ2) is 11.9. The molecule has 2 rings (SSSR count). The smallest absolute Gasteiger partial charge is 0.373 e. The van der Waals surface area contributed by atoms with E-state index < -0.39 is 8.80 Å². The van der Waals surface area contributed by atoms with Gasteiger partial charge >= 0.3 is 8.80 Å². The third kappa shape index (κ3) is 6.53. The minimum absolute atomic E-state index is 0.0407. The molecule has 0 radical (unpaired) electrons. The van der Waals surface area contributed by atoms with Gasteiger partial charge in [0.25, 0.3) is 0 Å². The summed E-state index contributed by atoms with van der Waals surface area (Å²) in [6.45, 7) is 10.4. The van der Waals surface area contributed by atoms with Crippen LogP contribution in [-0.4, -0.2) is 39.8 Å². The van der Waals surface area contributed by atoms with E-state index in [2.05, 4.69) is 27.7 Å². The van der Waals surface area contributed by atoms with Crippen molar-refractivity contribution < 1.29 is 18.0 Å². The van der Waals surface area contributed by atoms with Gasteiger partial charge in [-0.2, -0.15) is 0 Å². The fraction of sp³-hybridized carbons (Fsp3) is 1.00. The molecule has 3 unspecified atom stereocenters. The first-order valence-corrected chi connectivity index (χ1v) is 13.7. The fourth-order valence-electron chi connectivity index (χ4n) is 4.26. The van der Waals surface area contributed by atoms with Crippen molar-refractivity contribution >= 4 is 8.80 Å². The van der Waals surface area contributed by atoms with Gasteiger partial charge in [-0.3, -0.25) is 0 Å². The second-order valence-electron chi connectivity index (χ2n) is 8.39. The summed E-state index contributed by atoms with van der Waals surface area (Å²) in [5, 5.41) is 0. The van der Waals surface area contributed by atoms with Crippen LogP contribution in [0.2, 0.25) is 6.04 Å². The van der Waals surface area contributed by atoms with E-state index in [4.69, 9.17) is 18.0 Å². The van der Waals surface area contributed by atoms with E-state index in [0.29, 0.717) is 6.10 Å². The molecule has 1 heterocycles. The van der Waals surface area contributed by atoms with E-state index in [1.165, 1.54) is 19.3 Å². The number of ether oxygens (including phenoxy) is 1. The summed E-state index contributed by atoms with van der Waals surface area (Å²) in [5.74, 6) is 0. The van der Waals surface area contributed by atoms with Gasteiger partial charge in [0, 0.05) is 19.3 Å². The van der Waals surface area contributed by atoms with E-state index in [1.807, 2.05) is 0 Å². The van der Waals surface area contributed by atoms with Gasteiger partial charge in [0.05, 0.1) is 12.2 Å². The van der Waals surface area contributed by atoms with Gasteiger partial charge in [0.15, 0.2) is 0 Å². The molecule has 0 spiro atoms. The first kappa shape index (κ1) is 23.3. The molecule has 4 nitrogen and oxygen atoms in total. The molecule has 0 N–H and O–H groups in total. The molecule has 0 bridgehead atoms. The van der Waals surface area contributed by atoms with Crippen LogP contribution < -0.4 is 0 Å². The molecular formula is C22H44O4Si. The largest absolute Gasteiger partial charge is 0.501 e. The van der Waals surface area contributed by atoms with Gasteiger partial charge in [0.1, 0.15) is 5.60 Å². The lowest BCUT2D eigenvalue weighted by molar-refractivity contribution is -0.0138. The van der Waals surface area contributed by atoms with E-state index in [0.717, 1.165) is 77.0 Å². The highest BCUT2D eigenvalue weighted by molar-refractivity contribution is 6.60. The maximum absolute atomic E-state index is 6.93. The van der Waals surface area contributed by atoms with Crippen LogP contribution in [0.3, 0.4) is 0 Å². The monoisotopic (exact) mass is 400 g/mol. The van der Waals surface area contributed by atoms with Crippen molar-refractivity contribution in [1.82, 2.24) is 0 Å². The maximum atomic E-state index is 6.93. The van der Waals surface area contributed by atoms with Crippen LogP contribution in [0.5, 0.6) is 0 Å². The van der Waals surface area contributed by atoms with E-state index in [-0.39, 0.29) is 11.7 Å². The normalized spacial score (nSPS) is 26.0. The summed E-state index contributed by atoms with van der Waals surface area (Å²) in [6, 6.07) is 0.942. The van der Waals surface area contributed by atoms with Crippen LogP contribution in [0, 0.1) is 0 Å². The van der Waals surface area contributed by atoms with Crippen LogP contribution in [0.1, 0.15) is 105 Å². The number of epoxide rings is 1. The molecule has 0 amide bonds. The highest BCUT2D eigenvalue weighted by Gasteiger charge is 2.63. The van der Waals surface area contributed by atoms with Crippen LogP contribution >= 0.6 is 0 Å². The number of fused-ring (bicyclic) bond motifs is 1. The predicted octanol–water partition coefficient (Wildman–Crippen LogP) is 6.26. The Balaban J connectivity index is 2.13. The van der Waals surface area contributed by atoms with Gasteiger partial charge in [-0.1, -0.05) is 66.2 Å². The molecule has 1 saturated carbocycles. The zero-order chi connectivity index (χ0) is 19.6. The third-order valence-electron chi connectivity index (χ3n) is 6.03. The number of hydrogen-bond donors (Lipinski definition) is 0. The predicted molar refractivity (Wildman–Crippen MR) is 113 cm³/mol. The maximum Gasteiger partial charge on any atom is 0.501 e. The average Bonchev–Trinajstić information content (AvgIpc) is 3.42. The van der Waals surface area contributed by atoms with Crippen molar-refractivity contribution in [2.45, 2.75) is 129 Å². The molecule has 0 aromatic carbocycles. The molecule has 0 aromatic heterocycles. The Bertz CT molecular complexity index is 396. The molecule has 1 saturated heterocycles. The molecule has 160 valence electrons. The van der Waals surface area contributed by atoms with Gasteiger partial charge in [-0.05, 0) is 38.5 Å². The van der Waals surface area contributed by atoms with Crippen molar-refractivity contribution in [3.63, 3.8) is 0 Å². The van der Waals surface area contributed by atoms with E-state index >= 15 is 0 Å². The number of unbranched alkanes of at least 4 members (excludes halogenated alkanes) is 3. The van der Waals surface area contributed by atoms with Crippen LogP contribution in [0.4, 0.5) is 0 Å². The Hall–Kier alpha value is 0.0569. The highest BCUT2D eigenvalue weighted by Crippen LogP contribution is 2.52. The molecular weight excluding hydrogens is 356 g/mol. The lowest BCUT2D eigenvalue weighted by Gasteiger charge is -2.37. The Labute approximate surface area is 169 Å². The minimum atomic E-state index is -2.68. The summed E-state index contributed by atoms with van der Waals surface area (Å²) in [4.78, 5) is 0. The molecule has 2 aliphatic rings. The quantitative estimate of drug-likeness (QED) is 0.174. The number of rotatable bonds is 16. The van der Waals surface area contributed by atoms with Gasteiger partial charge in [0.2, 0.25) is 0 Å². The summed E-state index contributed by atoms with van der Waals surface area (Å²) >= 11 is 0. The minimum Gasteiger partial charge on any atom is -0.373 e. The van der Waals surface area contributed by atoms with Crippen LogP contribution in [0.25, 0.3) is 0 Å². The molecule has 5 heteroatoms. The van der Waals surface area contributed by atoms with Gasteiger partial charge in [-0.15, -0.1) is 0 Å². The Morgan fingerprint density at radius 1 is 0.926 bits per heavy atom. The first-order valence-electron chi connectivity index (χ1n) is 11.8. The Morgan fingerprint density at radius 3 is 2.15 bits per heavy atom. The molecule has 2 fully saturated rings. The Morgan fingerprint density at radius 2 is 1.59 bits per heavy atom. The summed E-state index contributed by atoms with van der Waals surface area (Å²) in [6.07, 6.45) is 14.3. The molecule has 1 aliphatic carbocycles. The lowest BCUT2D eigenvalue weighted by atomic mass is 9.83. The SMILES string of the molecule is CCCCO[Si](CCCC)(OCCCC)OC(CCC)C12CCCCC1O2. The standard InChI is InChI=1S/C22H44O4Si/c1-5-9-17-23-27(19-11-7-3,24-18-10-6-2)26-21(14-8-4)22-16-13-12-15-20(22)25-22/h20-21H,5-19H2,1-4H3. The molecule has 0 aromatic rings.